The van der Waals surface area contributed by atoms with Gasteiger partial charge in [0.05, 0.1) is 26.7 Å². The number of quaternary nitrogens is 1. The van der Waals surface area contributed by atoms with E-state index in [0.717, 1.165) is 12.1 Å². The first-order chi connectivity index (χ1) is 5.30. The lowest BCUT2D eigenvalue weighted by molar-refractivity contribution is -0.833. The molecular formula is C9H19ClNO2+. The van der Waals surface area contributed by atoms with E-state index in [1.807, 2.05) is 28.1 Å². The molecule has 0 saturated heterocycles. The Morgan fingerprint density at radius 1 is 1.31 bits per heavy atom. The van der Waals surface area contributed by atoms with E-state index < -0.39 is 5.97 Å². The van der Waals surface area contributed by atoms with Gasteiger partial charge in [-0.2, -0.15) is 0 Å². The first-order valence-electron chi connectivity index (χ1n) is 4.05. The van der Waals surface area contributed by atoms with Crippen molar-refractivity contribution in [3.05, 3.63) is 11.3 Å². The first-order valence-corrected chi connectivity index (χ1v) is 4.05. The van der Waals surface area contributed by atoms with E-state index in [0.29, 0.717) is 10.1 Å². The van der Waals surface area contributed by atoms with Crippen LogP contribution in [-0.2, 0) is 4.79 Å². The highest BCUT2D eigenvalue weighted by Gasteiger charge is 2.20. The van der Waals surface area contributed by atoms with E-state index in [2.05, 4.69) is 0 Å². The Hall–Kier alpha value is -0.540. The van der Waals surface area contributed by atoms with Gasteiger partial charge >= 0.3 is 5.97 Å². The maximum Gasteiger partial charge on any atom is 0.336 e. The molecule has 0 saturated carbocycles. The van der Waals surface area contributed by atoms with E-state index in [4.69, 9.17) is 5.11 Å². The summed E-state index contributed by atoms with van der Waals surface area (Å²) in [5, 5.41) is 8.78. The first kappa shape index (κ1) is 15.0. The number of rotatable bonds is 3. The molecule has 0 aromatic heterocycles. The summed E-state index contributed by atoms with van der Waals surface area (Å²) in [7, 11) is 5.93. The van der Waals surface area contributed by atoms with Crippen molar-refractivity contribution in [2.75, 3.05) is 21.1 Å². The Kier molecular flexibility index (Phi) is 6.04. The van der Waals surface area contributed by atoms with E-state index in [9.17, 15) is 4.79 Å². The van der Waals surface area contributed by atoms with Gasteiger partial charge < -0.3 is 9.59 Å². The van der Waals surface area contributed by atoms with Gasteiger partial charge in [0.25, 0.3) is 0 Å². The zero-order valence-electron chi connectivity index (χ0n) is 8.92. The maximum atomic E-state index is 10.7. The minimum atomic E-state index is -0.820. The number of allylic oxidation sites excluding steroid dienone is 1. The van der Waals surface area contributed by atoms with Crippen molar-refractivity contribution >= 4 is 18.4 Å². The van der Waals surface area contributed by atoms with Crippen molar-refractivity contribution in [2.24, 2.45) is 0 Å². The monoisotopic (exact) mass is 208 g/mol. The molecule has 0 atom stereocenters. The molecule has 0 spiro atoms. The second kappa shape index (κ2) is 5.25. The molecule has 0 heterocycles. The predicted octanol–water partition coefficient (Wildman–Crippen LogP) is 1.88. The lowest BCUT2D eigenvalue weighted by Gasteiger charge is -2.26. The molecule has 0 rings (SSSR count). The van der Waals surface area contributed by atoms with Gasteiger partial charge in [-0.05, 0) is 6.92 Å². The molecule has 0 aliphatic rings. The van der Waals surface area contributed by atoms with Crippen LogP contribution in [0.1, 0.15) is 20.3 Å². The van der Waals surface area contributed by atoms with Gasteiger partial charge in [-0.3, -0.25) is 0 Å². The Labute approximate surface area is 86.0 Å². The van der Waals surface area contributed by atoms with Crippen LogP contribution in [0.25, 0.3) is 0 Å². The molecule has 4 heteroatoms. The van der Waals surface area contributed by atoms with Gasteiger partial charge in [-0.1, -0.05) is 6.92 Å². The Balaban J connectivity index is 0. The van der Waals surface area contributed by atoms with Crippen molar-refractivity contribution in [1.82, 2.24) is 0 Å². The average molecular weight is 209 g/mol. The number of carbonyl (C=O) groups is 1. The highest BCUT2D eigenvalue weighted by Crippen LogP contribution is 2.16. The number of carboxylic acid groups (broad SMARTS) is 1. The highest BCUT2D eigenvalue weighted by atomic mass is 35.5. The lowest BCUT2D eigenvalue weighted by Crippen LogP contribution is -2.34. The number of aliphatic carboxylic acids is 1. The molecule has 0 unspecified atom stereocenters. The summed E-state index contributed by atoms with van der Waals surface area (Å²) in [5.41, 5.74) is 1.42. The van der Waals surface area contributed by atoms with Crippen LogP contribution in [0.3, 0.4) is 0 Å². The van der Waals surface area contributed by atoms with Crippen LogP contribution in [0.5, 0.6) is 0 Å². The molecule has 1 N–H and O–H groups in total. The van der Waals surface area contributed by atoms with Crippen LogP contribution in [0.4, 0.5) is 0 Å². The Morgan fingerprint density at radius 3 is 1.77 bits per heavy atom. The molecule has 0 aliphatic carbocycles. The van der Waals surface area contributed by atoms with Gasteiger partial charge in [-0.25, -0.2) is 4.79 Å². The van der Waals surface area contributed by atoms with E-state index in [1.54, 1.807) is 6.92 Å². The molecule has 13 heavy (non-hydrogen) atoms. The molecule has 0 bridgehead atoms. The number of carboxylic acids is 1. The summed E-state index contributed by atoms with van der Waals surface area (Å²) >= 11 is 0. The van der Waals surface area contributed by atoms with E-state index in [-0.39, 0.29) is 12.4 Å². The van der Waals surface area contributed by atoms with Crippen LogP contribution in [0, 0.1) is 0 Å². The van der Waals surface area contributed by atoms with Crippen molar-refractivity contribution in [2.45, 2.75) is 20.3 Å². The summed E-state index contributed by atoms with van der Waals surface area (Å²) in [4.78, 5) is 10.7. The van der Waals surface area contributed by atoms with Crippen molar-refractivity contribution < 1.29 is 14.4 Å². The zero-order valence-corrected chi connectivity index (χ0v) is 9.73. The van der Waals surface area contributed by atoms with Crippen LogP contribution in [0.15, 0.2) is 11.3 Å². The molecule has 0 aliphatic heterocycles. The van der Waals surface area contributed by atoms with E-state index in [1.165, 1.54) is 0 Å². The topological polar surface area (TPSA) is 37.3 Å². The number of hydrogen-bond acceptors (Lipinski definition) is 1. The third-order valence-electron chi connectivity index (χ3n) is 1.90. The number of nitrogens with zero attached hydrogens (tertiary/aromatic N) is 1. The summed E-state index contributed by atoms with van der Waals surface area (Å²) in [5.74, 6) is -0.820. The average Bonchev–Trinajstić information content (AvgIpc) is 1.85. The van der Waals surface area contributed by atoms with Gasteiger partial charge in [0, 0.05) is 6.42 Å². The van der Waals surface area contributed by atoms with Gasteiger partial charge in [0.2, 0.25) is 0 Å². The highest BCUT2D eigenvalue weighted by molar-refractivity contribution is 5.86. The normalized spacial score (nSPS) is 13.0. The SMILES string of the molecule is CCC(=C(C)C(=O)O)[N+](C)(C)C.Cl. The molecule has 78 valence electrons. The van der Waals surface area contributed by atoms with Crippen LogP contribution in [-0.4, -0.2) is 36.7 Å². The molecule has 0 radical (unpaired) electrons. The van der Waals surface area contributed by atoms with Gasteiger partial charge in [0.15, 0.2) is 0 Å². The quantitative estimate of drug-likeness (QED) is 0.568. The Bertz CT molecular complexity index is 216. The second-order valence-electron chi connectivity index (χ2n) is 3.74. The van der Waals surface area contributed by atoms with Crippen molar-refractivity contribution in [3.8, 4) is 0 Å². The smallest absolute Gasteiger partial charge is 0.336 e. The number of hydrogen-bond donors (Lipinski definition) is 1. The maximum absolute atomic E-state index is 10.7. The lowest BCUT2D eigenvalue weighted by atomic mass is 10.1. The molecule has 0 amide bonds. The summed E-state index contributed by atoms with van der Waals surface area (Å²) in [6.45, 7) is 3.63. The summed E-state index contributed by atoms with van der Waals surface area (Å²) in [6.07, 6.45) is 0.779. The summed E-state index contributed by atoms with van der Waals surface area (Å²) in [6, 6.07) is 0. The molecule has 0 aromatic carbocycles. The largest absolute Gasteiger partial charge is 0.478 e. The Morgan fingerprint density at radius 2 is 1.69 bits per heavy atom. The fourth-order valence-electron chi connectivity index (χ4n) is 1.37. The minimum absolute atomic E-state index is 0. The van der Waals surface area contributed by atoms with Crippen LogP contribution >= 0.6 is 12.4 Å². The van der Waals surface area contributed by atoms with Gasteiger partial charge in [0.1, 0.15) is 5.70 Å². The van der Waals surface area contributed by atoms with Gasteiger partial charge in [-0.15, -0.1) is 12.4 Å². The predicted molar refractivity (Wildman–Crippen MR) is 55.9 cm³/mol. The summed E-state index contributed by atoms with van der Waals surface area (Å²) < 4.78 is 0.592. The molecule has 0 fully saturated rings. The zero-order chi connectivity index (χ0) is 9.94. The fourth-order valence-corrected chi connectivity index (χ4v) is 1.37. The van der Waals surface area contributed by atoms with Crippen LogP contribution in [0.2, 0.25) is 0 Å². The minimum Gasteiger partial charge on any atom is -0.478 e. The van der Waals surface area contributed by atoms with E-state index >= 15 is 0 Å². The van der Waals surface area contributed by atoms with Crippen LogP contribution < -0.4 is 0 Å². The second-order valence-corrected chi connectivity index (χ2v) is 3.74. The van der Waals surface area contributed by atoms with Crippen molar-refractivity contribution in [3.63, 3.8) is 0 Å². The third-order valence-corrected chi connectivity index (χ3v) is 1.90. The number of halogens is 1. The molecule has 3 nitrogen and oxygen atoms in total. The molecule has 0 aromatic rings. The molecular weight excluding hydrogens is 190 g/mol. The third kappa shape index (κ3) is 4.29. The standard InChI is InChI=1S/C9H17NO2.ClH/c1-6-8(10(3,4)5)7(2)9(11)12;/h6H2,1-5H3;1H/p+1. The van der Waals surface area contributed by atoms with Crippen molar-refractivity contribution in [1.29, 1.82) is 0 Å². The fraction of sp³-hybridized carbons (Fsp3) is 0.667.